The Morgan fingerprint density at radius 2 is 1.68 bits per heavy atom. The molecule has 0 bridgehead atoms. The minimum Gasteiger partial charge on any atom is -0.496 e. The van der Waals surface area contributed by atoms with Crippen molar-refractivity contribution < 1.29 is 14.3 Å². The highest BCUT2D eigenvalue weighted by Crippen LogP contribution is 2.30. The number of carbonyl (C=O) groups excluding carboxylic acids is 1. The Labute approximate surface area is 177 Å². The number of rotatable bonds is 6. The van der Waals surface area contributed by atoms with Gasteiger partial charge < -0.3 is 14.8 Å². The fourth-order valence-electron chi connectivity index (χ4n) is 2.54. The summed E-state index contributed by atoms with van der Waals surface area (Å²) in [7, 11) is 1.56. The summed E-state index contributed by atoms with van der Waals surface area (Å²) in [6, 6.07) is 17.3. The molecule has 0 atom stereocenters. The third kappa shape index (κ3) is 4.71. The Balaban J connectivity index is 1.80. The fraction of sp³-hybridized carbons (Fsp3) is 0.0952. The molecule has 4 nitrogen and oxygen atoms in total. The molecule has 0 saturated carbocycles. The number of anilines is 1. The second-order valence-corrected chi connectivity index (χ2v) is 6.99. The maximum atomic E-state index is 12.6. The standard InChI is InChI=1S/C21H16Cl3NO3/c1-27-18-10-9-13(21(26)25-17-7-4-6-16(23)20(17)24)11-14(18)12-28-19-8-3-2-5-15(19)22/h2-11H,12H2,1H3,(H,25,26). The number of hydrogen-bond donors (Lipinski definition) is 1. The third-order valence-electron chi connectivity index (χ3n) is 3.96. The maximum absolute atomic E-state index is 12.6. The van der Waals surface area contributed by atoms with Crippen LogP contribution >= 0.6 is 34.8 Å². The second kappa shape index (κ2) is 9.20. The van der Waals surface area contributed by atoms with Crippen molar-refractivity contribution in [3.8, 4) is 11.5 Å². The molecule has 1 amide bonds. The van der Waals surface area contributed by atoms with Crippen molar-refractivity contribution in [3.05, 3.63) is 86.9 Å². The molecule has 0 saturated heterocycles. The fourth-order valence-corrected chi connectivity index (χ4v) is 3.08. The molecular weight excluding hydrogens is 421 g/mol. The Morgan fingerprint density at radius 1 is 0.929 bits per heavy atom. The van der Waals surface area contributed by atoms with Gasteiger partial charge in [0, 0.05) is 11.1 Å². The predicted octanol–water partition coefficient (Wildman–Crippen LogP) is 6.49. The summed E-state index contributed by atoms with van der Waals surface area (Å²) in [5, 5.41) is 3.91. The summed E-state index contributed by atoms with van der Waals surface area (Å²) in [6.45, 7) is 0.186. The van der Waals surface area contributed by atoms with E-state index in [1.54, 1.807) is 55.6 Å². The normalized spacial score (nSPS) is 10.4. The van der Waals surface area contributed by atoms with E-state index in [9.17, 15) is 4.79 Å². The van der Waals surface area contributed by atoms with Gasteiger partial charge in [-0.3, -0.25) is 4.79 Å². The molecule has 0 aromatic heterocycles. The van der Waals surface area contributed by atoms with Crippen molar-refractivity contribution in [3.63, 3.8) is 0 Å². The summed E-state index contributed by atoms with van der Waals surface area (Å²) in [5.74, 6) is 0.821. The number of para-hydroxylation sites is 1. The van der Waals surface area contributed by atoms with E-state index in [0.29, 0.717) is 38.4 Å². The van der Waals surface area contributed by atoms with Gasteiger partial charge in [-0.25, -0.2) is 0 Å². The molecule has 0 unspecified atom stereocenters. The van der Waals surface area contributed by atoms with Gasteiger partial charge in [-0.2, -0.15) is 0 Å². The lowest BCUT2D eigenvalue weighted by Crippen LogP contribution is -2.13. The molecular formula is C21H16Cl3NO3. The average molecular weight is 437 g/mol. The van der Waals surface area contributed by atoms with Gasteiger partial charge in [0.1, 0.15) is 18.1 Å². The van der Waals surface area contributed by atoms with Crippen LogP contribution in [0.25, 0.3) is 0 Å². The van der Waals surface area contributed by atoms with Gasteiger partial charge in [-0.05, 0) is 42.5 Å². The smallest absolute Gasteiger partial charge is 0.255 e. The van der Waals surface area contributed by atoms with E-state index in [-0.39, 0.29) is 17.5 Å². The van der Waals surface area contributed by atoms with E-state index in [1.807, 2.05) is 12.1 Å². The number of hydrogen-bond acceptors (Lipinski definition) is 3. The second-order valence-electron chi connectivity index (χ2n) is 5.80. The predicted molar refractivity (Wildman–Crippen MR) is 113 cm³/mol. The quantitative estimate of drug-likeness (QED) is 0.480. The van der Waals surface area contributed by atoms with Crippen LogP contribution in [0.2, 0.25) is 15.1 Å². The number of halogens is 3. The van der Waals surface area contributed by atoms with Crippen molar-refractivity contribution in [1.82, 2.24) is 0 Å². The highest BCUT2D eigenvalue weighted by Gasteiger charge is 2.14. The molecule has 28 heavy (non-hydrogen) atoms. The zero-order valence-electron chi connectivity index (χ0n) is 14.8. The van der Waals surface area contributed by atoms with Crippen molar-refractivity contribution in [2.45, 2.75) is 6.61 Å². The molecule has 3 aromatic rings. The first-order valence-electron chi connectivity index (χ1n) is 8.29. The zero-order chi connectivity index (χ0) is 20.1. The van der Waals surface area contributed by atoms with Crippen LogP contribution in [0.1, 0.15) is 15.9 Å². The number of nitrogens with one attached hydrogen (secondary N) is 1. The van der Waals surface area contributed by atoms with E-state index in [1.165, 1.54) is 0 Å². The number of amides is 1. The topological polar surface area (TPSA) is 47.6 Å². The van der Waals surface area contributed by atoms with Gasteiger partial charge >= 0.3 is 0 Å². The Hall–Kier alpha value is -2.40. The molecule has 0 aliphatic heterocycles. The van der Waals surface area contributed by atoms with Crippen LogP contribution in [-0.4, -0.2) is 13.0 Å². The highest BCUT2D eigenvalue weighted by molar-refractivity contribution is 6.44. The summed E-state index contributed by atoms with van der Waals surface area (Å²) in [6.07, 6.45) is 0. The van der Waals surface area contributed by atoms with Gasteiger partial charge in [0.2, 0.25) is 0 Å². The molecule has 0 fully saturated rings. The first kappa shape index (κ1) is 20.3. The molecule has 0 radical (unpaired) electrons. The molecule has 144 valence electrons. The summed E-state index contributed by atoms with van der Waals surface area (Å²) in [4.78, 5) is 12.6. The molecule has 0 heterocycles. The molecule has 7 heteroatoms. The first-order chi connectivity index (χ1) is 13.5. The number of ether oxygens (including phenoxy) is 2. The molecule has 0 aliphatic rings. The zero-order valence-corrected chi connectivity index (χ0v) is 17.1. The van der Waals surface area contributed by atoms with Crippen molar-refractivity contribution in [2.24, 2.45) is 0 Å². The van der Waals surface area contributed by atoms with Crippen LogP contribution in [-0.2, 0) is 6.61 Å². The van der Waals surface area contributed by atoms with Crippen LogP contribution in [0.15, 0.2) is 60.7 Å². The monoisotopic (exact) mass is 435 g/mol. The molecule has 0 spiro atoms. The van der Waals surface area contributed by atoms with E-state index < -0.39 is 0 Å². The minimum atomic E-state index is -0.328. The maximum Gasteiger partial charge on any atom is 0.255 e. The largest absolute Gasteiger partial charge is 0.496 e. The minimum absolute atomic E-state index is 0.186. The van der Waals surface area contributed by atoms with Crippen molar-refractivity contribution in [2.75, 3.05) is 12.4 Å². The van der Waals surface area contributed by atoms with E-state index in [0.717, 1.165) is 0 Å². The average Bonchev–Trinajstić information content (AvgIpc) is 2.70. The van der Waals surface area contributed by atoms with Gasteiger partial charge in [0.15, 0.2) is 0 Å². The first-order valence-corrected chi connectivity index (χ1v) is 9.42. The molecule has 0 aliphatic carbocycles. The summed E-state index contributed by atoms with van der Waals surface area (Å²) >= 11 is 18.3. The van der Waals surface area contributed by atoms with Crippen LogP contribution in [0.4, 0.5) is 5.69 Å². The molecule has 1 N–H and O–H groups in total. The lowest BCUT2D eigenvalue weighted by Gasteiger charge is -2.13. The lowest BCUT2D eigenvalue weighted by atomic mass is 10.1. The van der Waals surface area contributed by atoms with Gasteiger partial charge in [-0.15, -0.1) is 0 Å². The lowest BCUT2D eigenvalue weighted by molar-refractivity contribution is 0.102. The van der Waals surface area contributed by atoms with Crippen LogP contribution in [0, 0.1) is 0 Å². The Morgan fingerprint density at radius 3 is 2.43 bits per heavy atom. The Kier molecular flexibility index (Phi) is 6.68. The van der Waals surface area contributed by atoms with E-state index in [4.69, 9.17) is 44.3 Å². The summed E-state index contributed by atoms with van der Waals surface area (Å²) < 4.78 is 11.1. The highest BCUT2D eigenvalue weighted by atomic mass is 35.5. The van der Waals surface area contributed by atoms with Crippen molar-refractivity contribution in [1.29, 1.82) is 0 Å². The summed E-state index contributed by atoms with van der Waals surface area (Å²) in [5.41, 5.74) is 1.56. The van der Waals surface area contributed by atoms with E-state index >= 15 is 0 Å². The van der Waals surface area contributed by atoms with Crippen molar-refractivity contribution >= 4 is 46.4 Å². The van der Waals surface area contributed by atoms with Crippen LogP contribution in [0.3, 0.4) is 0 Å². The number of methoxy groups -OCH3 is 1. The molecule has 3 rings (SSSR count). The number of carbonyl (C=O) groups is 1. The Bertz CT molecular complexity index is 1010. The van der Waals surface area contributed by atoms with E-state index in [2.05, 4.69) is 5.32 Å². The molecule has 3 aromatic carbocycles. The van der Waals surface area contributed by atoms with Gasteiger partial charge in [0.25, 0.3) is 5.91 Å². The van der Waals surface area contributed by atoms with Crippen LogP contribution in [0.5, 0.6) is 11.5 Å². The SMILES string of the molecule is COc1ccc(C(=O)Nc2cccc(Cl)c2Cl)cc1COc1ccccc1Cl. The number of benzene rings is 3. The van der Waals surface area contributed by atoms with Crippen LogP contribution < -0.4 is 14.8 Å². The third-order valence-corrected chi connectivity index (χ3v) is 5.09. The van der Waals surface area contributed by atoms with Gasteiger partial charge in [0.05, 0.1) is 27.9 Å². The van der Waals surface area contributed by atoms with Gasteiger partial charge in [-0.1, -0.05) is 53.0 Å².